The Kier molecular flexibility index (Phi) is 1.99. The molecule has 1 unspecified atom stereocenters. The number of nitro groups is 1. The van der Waals surface area contributed by atoms with Crippen LogP contribution in [0.5, 0.6) is 0 Å². The second-order valence-corrected chi connectivity index (χ2v) is 2.57. The van der Waals surface area contributed by atoms with Crippen LogP contribution in [0.4, 0.5) is 0 Å². The number of hydrogen-bond donors (Lipinski definition) is 0. The van der Waals surface area contributed by atoms with Gasteiger partial charge >= 0.3 is 0 Å². The lowest BCUT2D eigenvalue weighted by molar-refractivity contribution is -0.523. The molecule has 1 fully saturated rings. The van der Waals surface area contributed by atoms with Crippen molar-refractivity contribution in [2.75, 3.05) is 0 Å². The van der Waals surface area contributed by atoms with E-state index in [2.05, 4.69) is 0 Å². The lowest BCUT2D eigenvalue weighted by Gasteiger charge is -2.12. The third-order valence-corrected chi connectivity index (χ3v) is 1.75. The van der Waals surface area contributed by atoms with E-state index in [1.807, 2.05) is 0 Å². The van der Waals surface area contributed by atoms with E-state index in [9.17, 15) is 14.9 Å². The first-order valence-electron chi connectivity index (χ1n) is 3.35. The highest BCUT2D eigenvalue weighted by Crippen LogP contribution is 2.16. The molecular formula is C6H9NO3. The van der Waals surface area contributed by atoms with Crippen molar-refractivity contribution in [3.63, 3.8) is 0 Å². The first-order chi connectivity index (χ1) is 4.70. The van der Waals surface area contributed by atoms with Gasteiger partial charge in [-0.2, -0.15) is 0 Å². The van der Waals surface area contributed by atoms with Crippen LogP contribution in [-0.4, -0.2) is 16.7 Å². The summed E-state index contributed by atoms with van der Waals surface area (Å²) in [5.74, 6) is 0.0351. The topological polar surface area (TPSA) is 60.2 Å². The molecule has 56 valence electrons. The normalized spacial score (nSPS) is 26.4. The van der Waals surface area contributed by atoms with Crippen LogP contribution in [0.15, 0.2) is 0 Å². The Bertz CT molecular complexity index is 164. The van der Waals surface area contributed by atoms with Crippen molar-refractivity contribution in [1.82, 2.24) is 0 Å². The summed E-state index contributed by atoms with van der Waals surface area (Å²) in [6.45, 7) is 0. The summed E-state index contributed by atoms with van der Waals surface area (Å²) in [7, 11) is 0. The van der Waals surface area contributed by atoms with E-state index in [1.165, 1.54) is 0 Å². The fourth-order valence-electron chi connectivity index (χ4n) is 1.18. The quantitative estimate of drug-likeness (QED) is 0.402. The zero-order valence-electron chi connectivity index (χ0n) is 5.58. The number of ketones is 1. The van der Waals surface area contributed by atoms with Crippen LogP contribution in [0.25, 0.3) is 0 Å². The van der Waals surface area contributed by atoms with Gasteiger partial charge in [0.1, 0.15) is 5.78 Å². The average Bonchev–Trinajstić information content (AvgIpc) is 1.88. The Balaban J connectivity index is 2.47. The van der Waals surface area contributed by atoms with Gasteiger partial charge in [-0.3, -0.25) is 14.9 Å². The smallest absolute Gasteiger partial charge is 0.220 e. The molecule has 1 rings (SSSR count). The second kappa shape index (κ2) is 2.77. The Labute approximate surface area is 58.4 Å². The molecule has 4 heteroatoms. The molecular weight excluding hydrogens is 134 g/mol. The van der Waals surface area contributed by atoms with Gasteiger partial charge < -0.3 is 0 Å². The van der Waals surface area contributed by atoms with Gasteiger partial charge in [-0.25, -0.2) is 0 Å². The summed E-state index contributed by atoms with van der Waals surface area (Å²) in [5, 5.41) is 10.2. The molecule has 0 aliphatic heterocycles. The van der Waals surface area contributed by atoms with Gasteiger partial charge in [-0.05, 0) is 6.42 Å². The number of carbonyl (C=O) groups is 1. The molecule has 1 atom stereocenters. The molecule has 1 aliphatic carbocycles. The molecule has 1 aliphatic rings. The molecule has 0 aromatic carbocycles. The van der Waals surface area contributed by atoms with Crippen LogP contribution in [0, 0.1) is 10.1 Å². The molecule has 0 bridgehead atoms. The summed E-state index contributed by atoms with van der Waals surface area (Å²) >= 11 is 0. The van der Waals surface area contributed by atoms with Crippen molar-refractivity contribution in [3.8, 4) is 0 Å². The number of hydrogen-bond acceptors (Lipinski definition) is 3. The van der Waals surface area contributed by atoms with Gasteiger partial charge in [0.15, 0.2) is 0 Å². The van der Waals surface area contributed by atoms with E-state index in [0.717, 1.165) is 0 Å². The van der Waals surface area contributed by atoms with Gasteiger partial charge in [0.2, 0.25) is 6.04 Å². The van der Waals surface area contributed by atoms with Crippen LogP contribution < -0.4 is 0 Å². The van der Waals surface area contributed by atoms with E-state index < -0.39 is 6.04 Å². The van der Waals surface area contributed by atoms with E-state index in [-0.39, 0.29) is 17.1 Å². The standard InChI is InChI=1S/C6H9NO3/c8-6-3-1-2-5(4-6)7(9)10/h5H,1-4H2. The lowest BCUT2D eigenvalue weighted by atomic mass is 9.95. The largest absolute Gasteiger partial charge is 0.299 e. The van der Waals surface area contributed by atoms with Gasteiger partial charge in [0, 0.05) is 17.8 Å². The number of Topliss-reactive ketones (excluding diaryl/α,β-unsaturated/α-hetero) is 1. The Morgan fingerprint density at radius 2 is 2.30 bits per heavy atom. The molecule has 0 saturated heterocycles. The molecule has 0 radical (unpaired) electrons. The third kappa shape index (κ3) is 1.52. The minimum Gasteiger partial charge on any atom is -0.299 e. The van der Waals surface area contributed by atoms with Crippen molar-refractivity contribution in [1.29, 1.82) is 0 Å². The molecule has 0 heterocycles. The highest BCUT2D eigenvalue weighted by atomic mass is 16.6. The van der Waals surface area contributed by atoms with Gasteiger partial charge in [-0.15, -0.1) is 0 Å². The first-order valence-corrected chi connectivity index (χ1v) is 3.35. The predicted molar refractivity (Wildman–Crippen MR) is 34.3 cm³/mol. The van der Waals surface area contributed by atoms with Crippen molar-refractivity contribution in [3.05, 3.63) is 10.1 Å². The summed E-state index contributed by atoms with van der Waals surface area (Å²) in [4.78, 5) is 20.5. The Morgan fingerprint density at radius 1 is 1.60 bits per heavy atom. The Morgan fingerprint density at radius 3 is 2.70 bits per heavy atom. The summed E-state index contributed by atoms with van der Waals surface area (Å²) in [5.41, 5.74) is 0. The van der Waals surface area contributed by atoms with E-state index >= 15 is 0 Å². The van der Waals surface area contributed by atoms with Crippen molar-refractivity contribution in [2.45, 2.75) is 31.7 Å². The van der Waals surface area contributed by atoms with Gasteiger partial charge in [-0.1, -0.05) is 0 Å². The SMILES string of the molecule is O=C1CCCC([N+](=O)[O-])C1. The minimum atomic E-state index is -0.596. The molecule has 0 spiro atoms. The summed E-state index contributed by atoms with van der Waals surface area (Å²) < 4.78 is 0. The van der Waals surface area contributed by atoms with E-state index in [1.54, 1.807) is 0 Å². The van der Waals surface area contributed by atoms with Crippen molar-refractivity contribution >= 4 is 5.78 Å². The maximum absolute atomic E-state index is 10.7. The minimum absolute atomic E-state index is 0.0351. The van der Waals surface area contributed by atoms with Crippen LogP contribution in [0.2, 0.25) is 0 Å². The molecule has 0 aromatic rings. The fraction of sp³-hybridized carbons (Fsp3) is 0.833. The third-order valence-electron chi connectivity index (χ3n) is 1.75. The summed E-state index contributed by atoms with van der Waals surface area (Å²) in [6, 6.07) is -0.596. The maximum Gasteiger partial charge on any atom is 0.220 e. The molecule has 0 amide bonds. The van der Waals surface area contributed by atoms with E-state index in [4.69, 9.17) is 0 Å². The molecule has 4 nitrogen and oxygen atoms in total. The highest BCUT2D eigenvalue weighted by molar-refractivity contribution is 5.79. The van der Waals surface area contributed by atoms with Gasteiger partial charge in [0.05, 0.1) is 6.42 Å². The molecule has 0 N–H and O–H groups in total. The lowest BCUT2D eigenvalue weighted by Crippen LogP contribution is -2.26. The average molecular weight is 143 g/mol. The zero-order valence-corrected chi connectivity index (χ0v) is 5.58. The van der Waals surface area contributed by atoms with Crippen LogP contribution in [0.3, 0.4) is 0 Å². The van der Waals surface area contributed by atoms with Crippen molar-refractivity contribution in [2.24, 2.45) is 0 Å². The van der Waals surface area contributed by atoms with Crippen LogP contribution >= 0.6 is 0 Å². The van der Waals surface area contributed by atoms with Crippen LogP contribution in [0.1, 0.15) is 25.7 Å². The molecule has 1 saturated carbocycles. The highest BCUT2D eigenvalue weighted by Gasteiger charge is 2.27. The van der Waals surface area contributed by atoms with Crippen molar-refractivity contribution < 1.29 is 9.72 Å². The number of nitrogens with zero attached hydrogens (tertiary/aromatic N) is 1. The molecule has 0 aromatic heterocycles. The fourth-order valence-corrected chi connectivity index (χ4v) is 1.18. The number of rotatable bonds is 1. The predicted octanol–water partition coefficient (Wildman–Crippen LogP) is 0.775. The maximum atomic E-state index is 10.7. The molecule has 10 heavy (non-hydrogen) atoms. The second-order valence-electron chi connectivity index (χ2n) is 2.57. The van der Waals surface area contributed by atoms with Gasteiger partial charge in [0.25, 0.3) is 0 Å². The first kappa shape index (κ1) is 7.18. The Hall–Kier alpha value is -0.930. The number of carbonyl (C=O) groups excluding carboxylic acids is 1. The monoisotopic (exact) mass is 143 g/mol. The zero-order chi connectivity index (χ0) is 7.56. The van der Waals surface area contributed by atoms with Crippen LogP contribution in [-0.2, 0) is 4.79 Å². The summed E-state index contributed by atoms with van der Waals surface area (Å²) in [6.07, 6.45) is 1.93. The van der Waals surface area contributed by atoms with E-state index in [0.29, 0.717) is 19.3 Å².